The van der Waals surface area contributed by atoms with Crippen molar-refractivity contribution in [3.63, 3.8) is 0 Å². The molecular weight excluding hydrogens is 357 g/mol. The molecule has 5 nitrogen and oxygen atoms in total. The Hall–Kier alpha value is -1.61. The van der Waals surface area contributed by atoms with Crippen molar-refractivity contribution < 1.29 is 27.9 Å². The number of amides is 1. The Morgan fingerprint density at radius 1 is 1.33 bits per heavy atom. The van der Waals surface area contributed by atoms with Gasteiger partial charge in [0, 0.05) is 10.2 Å². The average molecular weight is 369 g/mol. The number of carboxylic acid groups (broad SMARTS) is 1. The van der Waals surface area contributed by atoms with Crippen molar-refractivity contribution in [1.29, 1.82) is 0 Å². The van der Waals surface area contributed by atoms with Gasteiger partial charge in [-0.15, -0.1) is 0 Å². The third-order valence-corrected chi connectivity index (χ3v) is 3.20. The first-order valence-electron chi connectivity index (χ1n) is 5.67. The second-order valence-electron chi connectivity index (χ2n) is 4.34. The predicted molar refractivity (Wildman–Crippen MR) is 72.9 cm³/mol. The van der Waals surface area contributed by atoms with Crippen LogP contribution in [0.25, 0.3) is 0 Å². The van der Waals surface area contributed by atoms with Crippen LogP contribution in [0.2, 0.25) is 0 Å². The van der Waals surface area contributed by atoms with Gasteiger partial charge >= 0.3 is 12.1 Å². The van der Waals surface area contributed by atoms with E-state index in [1.165, 1.54) is 0 Å². The third-order valence-electron chi connectivity index (χ3n) is 2.71. The number of hydrogen-bond acceptors (Lipinski definition) is 3. The summed E-state index contributed by atoms with van der Waals surface area (Å²) >= 11 is 3.17. The molecule has 0 aliphatic heterocycles. The molecule has 116 valence electrons. The number of alkyl halides is 3. The van der Waals surface area contributed by atoms with Gasteiger partial charge in [-0.05, 0) is 25.1 Å². The monoisotopic (exact) mass is 368 g/mol. The van der Waals surface area contributed by atoms with Crippen molar-refractivity contribution >= 4 is 33.5 Å². The van der Waals surface area contributed by atoms with Gasteiger partial charge < -0.3 is 10.4 Å². The zero-order valence-corrected chi connectivity index (χ0v) is 12.4. The fourth-order valence-corrected chi connectivity index (χ4v) is 1.72. The molecule has 0 radical (unpaired) electrons. The molecule has 1 aromatic carbocycles. The molecule has 0 saturated heterocycles. The number of rotatable bonds is 5. The van der Waals surface area contributed by atoms with Crippen LogP contribution in [0.3, 0.4) is 0 Å². The van der Waals surface area contributed by atoms with E-state index in [9.17, 15) is 22.8 Å². The van der Waals surface area contributed by atoms with E-state index in [-0.39, 0.29) is 0 Å². The third kappa shape index (κ3) is 4.43. The molecule has 9 heteroatoms. The summed E-state index contributed by atoms with van der Waals surface area (Å²) in [6.45, 7) is -0.337. The molecule has 0 aromatic heterocycles. The minimum Gasteiger partial charge on any atom is -0.480 e. The number of halogens is 4. The SMILES string of the molecule is CC(NCC(=O)Nc1cccc(Br)c1)(C(=O)O)C(F)(F)F. The smallest absolute Gasteiger partial charge is 0.417 e. The number of carbonyl (C=O) groups excluding carboxylic acids is 1. The average Bonchev–Trinajstić information content (AvgIpc) is 2.34. The fourth-order valence-electron chi connectivity index (χ4n) is 1.33. The summed E-state index contributed by atoms with van der Waals surface area (Å²) in [6.07, 6.45) is -5.03. The number of carboxylic acids is 1. The molecule has 1 unspecified atom stereocenters. The summed E-state index contributed by atoms with van der Waals surface area (Å²) in [5, 5.41) is 12.8. The van der Waals surface area contributed by atoms with Crippen LogP contribution in [-0.2, 0) is 9.59 Å². The van der Waals surface area contributed by atoms with Gasteiger partial charge in [-0.3, -0.25) is 10.1 Å². The summed E-state index contributed by atoms with van der Waals surface area (Å²) in [7, 11) is 0. The Morgan fingerprint density at radius 2 is 1.95 bits per heavy atom. The molecule has 1 amide bonds. The van der Waals surface area contributed by atoms with Crippen molar-refractivity contribution in [2.75, 3.05) is 11.9 Å². The molecule has 21 heavy (non-hydrogen) atoms. The molecule has 1 aromatic rings. The number of benzene rings is 1. The second-order valence-corrected chi connectivity index (χ2v) is 5.26. The zero-order chi connectivity index (χ0) is 16.3. The van der Waals surface area contributed by atoms with E-state index in [4.69, 9.17) is 5.11 Å². The lowest BCUT2D eigenvalue weighted by Gasteiger charge is -2.28. The summed E-state index contributed by atoms with van der Waals surface area (Å²) in [4.78, 5) is 22.3. The first-order valence-corrected chi connectivity index (χ1v) is 6.46. The van der Waals surface area contributed by atoms with Crippen molar-refractivity contribution in [2.24, 2.45) is 0 Å². The van der Waals surface area contributed by atoms with Gasteiger partial charge in [0.2, 0.25) is 11.4 Å². The standard InChI is InChI=1S/C12H12BrF3N2O3/c1-11(10(20)21,12(14,15)16)17-6-9(19)18-8-4-2-3-7(13)5-8/h2-5,17H,6H2,1H3,(H,18,19)(H,20,21). The second kappa shape index (κ2) is 6.44. The predicted octanol–water partition coefficient (Wildman–Crippen LogP) is 2.38. The van der Waals surface area contributed by atoms with Gasteiger partial charge in [0.25, 0.3) is 0 Å². The molecule has 0 saturated carbocycles. The minimum absolute atomic E-state index is 0.375. The van der Waals surface area contributed by atoms with Crippen molar-refractivity contribution in [3.05, 3.63) is 28.7 Å². The number of carbonyl (C=O) groups is 2. The zero-order valence-electron chi connectivity index (χ0n) is 10.8. The van der Waals surface area contributed by atoms with Crippen LogP contribution in [0.4, 0.5) is 18.9 Å². The van der Waals surface area contributed by atoms with E-state index in [1.807, 2.05) is 0 Å². The quantitative estimate of drug-likeness (QED) is 0.745. The van der Waals surface area contributed by atoms with E-state index in [0.717, 1.165) is 0 Å². The Morgan fingerprint density at radius 3 is 2.43 bits per heavy atom. The van der Waals surface area contributed by atoms with Gasteiger partial charge in [0.15, 0.2) is 0 Å². The first-order chi connectivity index (χ1) is 9.56. The lowest BCUT2D eigenvalue weighted by atomic mass is 10.0. The molecule has 1 rings (SSSR count). The molecule has 0 aliphatic carbocycles. The Labute approximate surface area is 126 Å². The molecular formula is C12H12BrF3N2O3. The molecule has 0 aliphatic rings. The maximum Gasteiger partial charge on any atom is 0.417 e. The van der Waals surface area contributed by atoms with Crippen molar-refractivity contribution in [3.8, 4) is 0 Å². The van der Waals surface area contributed by atoms with E-state index in [0.29, 0.717) is 17.1 Å². The normalized spacial score (nSPS) is 14.3. The molecule has 0 fully saturated rings. The van der Waals surface area contributed by atoms with Crippen LogP contribution in [0.15, 0.2) is 28.7 Å². The highest BCUT2D eigenvalue weighted by molar-refractivity contribution is 9.10. The first kappa shape index (κ1) is 17.4. The van der Waals surface area contributed by atoms with Gasteiger partial charge in [-0.2, -0.15) is 13.2 Å². The Balaban J connectivity index is 2.69. The topological polar surface area (TPSA) is 78.4 Å². The van der Waals surface area contributed by atoms with Gasteiger partial charge in [0.05, 0.1) is 6.54 Å². The van der Waals surface area contributed by atoms with Crippen LogP contribution in [0.5, 0.6) is 0 Å². The van der Waals surface area contributed by atoms with E-state index >= 15 is 0 Å². The number of anilines is 1. The maximum absolute atomic E-state index is 12.7. The van der Waals surface area contributed by atoms with Crippen LogP contribution < -0.4 is 10.6 Å². The highest BCUT2D eigenvalue weighted by Gasteiger charge is 2.57. The van der Waals surface area contributed by atoms with Crippen LogP contribution in [0, 0.1) is 0 Å². The van der Waals surface area contributed by atoms with E-state index < -0.39 is 30.1 Å². The van der Waals surface area contributed by atoms with E-state index in [1.54, 1.807) is 29.6 Å². The highest BCUT2D eigenvalue weighted by Crippen LogP contribution is 2.30. The summed E-state index contributed by atoms with van der Waals surface area (Å²) in [5.74, 6) is -2.89. The Kier molecular flexibility index (Phi) is 5.35. The van der Waals surface area contributed by atoms with Crippen molar-refractivity contribution in [1.82, 2.24) is 5.32 Å². The van der Waals surface area contributed by atoms with Crippen molar-refractivity contribution in [2.45, 2.75) is 18.6 Å². The molecule has 0 spiro atoms. The largest absolute Gasteiger partial charge is 0.480 e. The van der Waals surface area contributed by atoms with E-state index in [2.05, 4.69) is 21.2 Å². The minimum atomic E-state index is -5.03. The maximum atomic E-state index is 12.7. The Bertz CT molecular complexity index is 551. The number of hydrogen-bond donors (Lipinski definition) is 3. The molecule has 3 N–H and O–H groups in total. The lowest BCUT2D eigenvalue weighted by molar-refractivity contribution is -0.205. The fraction of sp³-hybridized carbons (Fsp3) is 0.333. The van der Waals surface area contributed by atoms with Gasteiger partial charge in [-0.25, -0.2) is 4.79 Å². The lowest BCUT2D eigenvalue weighted by Crippen LogP contribution is -2.61. The molecule has 0 heterocycles. The number of nitrogens with one attached hydrogen (secondary N) is 2. The summed E-state index contributed by atoms with van der Waals surface area (Å²) in [6, 6.07) is 6.43. The van der Waals surface area contributed by atoms with Crippen LogP contribution in [0.1, 0.15) is 6.92 Å². The summed E-state index contributed by atoms with van der Waals surface area (Å²) in [5.41, 5.74) is -2.82. The number of aliphatic carboxylic acids is 1. The van der Waals surface area contributed by atoms with Crippen LogP contribution >= 0.6 is 15.9 Å². The molecule has 0 bridgehead atoms. The van der Waals surface area contributed by atoms with Gasteiger partial charge in [0.1, 0.15) is 0 Å². The van der Waals surface area contributed by atoms with Gasteiger partial charge in [-0.1, -0.05) is 22.0 Å². The molecule has 1 atom stereocenters. The summed E-state index contributed by atoms with van der Waals surface area (Å²) < 4.78 is 38.8. The highest BCUT2D eigenvalue weighted by atomic mass is 79.9. The van der Waals surface area contributed by atoms with Crippen LogP contribution in [-0.4, -0.2) is 35.2 Å².